The van der Waals surface area contributed by atoms with Gasteiger partial charge in [-0.25, -0.2) is 9.59 Å². The molecule has 0 unspecified atom stereocenters. The normalized spacial score (nSPS) is 9.88. The zero-order valence-electron chi connectivity index (χ0n) is 10.3. The molecule has 4 nitrogen and oxygen atoms in total. The summed E-state index contributed by atoms with van der Waals surface area (Å²) < 4.78 is 9.40. The average Bonchev–Trinajstić information content (AvgIpc) is 2.30. The zero-order valence-corrected chi connectivity index (χ0v) is 10.3. The van der Waals surface area contributed by atoms with Crippen molar-refractivity contribution in [2.24, 2.45) is 0 Å². The Morgan fingerprint density at radius 2 is 1.31 bits per heavy atom. The molecule has 0 saturated carbocycles. The first-order valence-electron chi connectivity index (χ1n) is 6.06. The molecule has 0 heterocycles. The first-order valence-corrected chi connectivity index (χ1v) is 6.06. The Labute approximate surface area is 97.3 Å². The van der Waals surface area contributed by atoms with Crippen LogP contribution in [0.5, 0.6) is 0 Å². The average molecular weight is 230 g/mol. The third kappa shape index (κ3) is 8.26. The molecule has 0 aromatic carbocycles. The predicted molar refractivity (Wildman–Crippen MR) is 61.0 cm³/mol. The lowest BCUT2D eigenvalue weighted by molar-refractivity contribution is -0.167. The first kappa shape index (κ1) is 14.9. The Bertz CT molecular complexity index is 201. The largest absolute Gasteiger partial charge is 0.457 e. The summed E-state index contributed by atoms with van der Waals surface area (Å²) in [5, 5.41) is 0. The van der Waals surface area contributed by atoms with Gasteiger partial charge >= 0.3 is 11.9 Å². The van der Waals surface area contributed by atoms with Crippen LogP contribution in [0, 0.1) is 0 Å². The lowest BCUT2D eigenvalue weighted by Crippen LogP contribution is -2.21. The molecule has 0 aliphatic carbocycles. The maximum absolute atomic E-state index is 11.0. The van der Waals surface area contributed by atoms with Crippen molar-refractivity contribution in [3.8, 4) is 0 Å². The van der Waals surface area contributed by atoms with Crippen LogP contribution in [-0.2, 0) is 19.1 Å². The molecule has 0 fully saturated rings. The summed E-state index contributed by atoms with van der Waals surface area (Å²) in [6, 6.07) is 0. The van der Waals surface area contributed by atoms with E-state index in [1.807, 2.05) is 6.92 Å². The Balaban J connectivity index is 3.39. The monoisotopic (exact) mass is 230 g/mol. The lowest BCUT2D eigenvalue weighted by Gasteiger charge is -2.04. The maximum Gasteiger partial charge on any atom is 0.417 e. The molecule has 0 saturated heterocycles. The van der Waals surface area contributed by atoms with Crippen molar-refractivity contribution in [1.29, 1.82) is 0 Å². The van der Waals surface area contributed by atoms with Gasteiger partial charge in [0.2, 0.25) is 0 Å². The SMILES string of the molecule is CCCCCCCOC(=O)C(=O)OCCC. The second-order valence-corrected chi connectivity index (χ2v) is 3.69. The second kappa shape index (κ2) is 10.5. The van der Waals surface area contributed by atoms with Crippen molar-refractivity contribution < 1.29 is 19.1 Å². The lowest BCUT2D eigenvalue weighted by atomic mass is 10.2. The van der Waals surface area contributed by atoms with Gasteiger partial charge in [0.05, 0.1) is 13.2 Å². The molecular formula is C12H22O4. The van der Waals surface area contributed by atoms with E-state index >= 15 is 0 Å². The molecule has 4 heteroatoms. The van der Waals surface area contributed by atoms with Gasteiger partial charge in [-0.15, -0.1) is 0 Å². The number of carbonyl (C=O) groups excluding carboxylic acids is 2. The van der Waals surface area contributed by atoms with E-state index in [0.29, 0.717) is 13.0 Å². The molecule has 94 valence electrons. The number of esters is 2. The molecule has 0 aromatic rings. The van der Waals surface area contributed by atoms with Gasteiger partial charge in [-0.2, -0.15) is 0 Å². The summed E-state index contributed by atoms with van der Waals surface area (Å²) >= 11 is 0. The van der Waals surface area contributed by atoms with Crippen LogP contribution in [0.25, 0.3) is 0 Å². The van der Waals surface area contributed by atoms with E-state index in [1.165, 1.54) is 12.8 Å². The van der Waals surface area contributed by atoms with Crippen molar-refractivity contribution >= 4 is 11.9 Å². The van der Waals surface area contributed by atoms with E-state index in [0.717, 1.165) is 19.3 Å². The van der Waals surface area contributed by atoms with Crippen molar-refractivity contribution in [3.05, 3.63) is 0 Å². The zero-order chi connectivity index (χ0) is 12.2. The summed E-state index contributed by atoms with van der Waals surface area (Å²) in [4.78, 5) is 22.0. The molecule has 0 spiro atoms. The highest BCUT2D eigenvalue weighted by atomic mass is 16.6. The molecule has 0 radical (unpaired) electrons. The fourth-order valence-corrected chi connectivity index (χ4v) is 1.18. The highest BCUT2D eigenvalue weighted by Crippen LogP contribution is 2.02. The van der Waals surface area contributed by atoms with Crippen LogP contribution in [0.15, 0.2) is 0 Å². The summed E-state index contributed by atoms with van der Waals surface area (Å²) in [7, 11) is 0. The third-order valence-corrected chi connectivity index (χ3v) is 2.08. The van der Waals surface area contributed by atoms with Crippen LogP contribution >= 0.6 is 0 Å². The Kier molecular flexibility index (Phi) is 9.76. The highest BCUT2D eigenvalue weighted by Gasteiger charge is 2.16. The van der Waals surface area contributed by atoms with Crippen LogP contribution < -0.4 is 0 Å². The minimum Gasteiger partial charge on any atom is -0.457 e. The minimum atomic E-state index is -0.879. The summed E-state index contributed by atoms with van der Waals surface area (Å²) in [5.74, 6) is -1.75. The molecular weight excluding hydrogens is 208 g/mol. The Hall–Kier alpha value is -1.06. The van der Waals surface area contributed by atoms with Gasteiger partial charge in [0.1, 0.15) is 0 Å². The van der Waals surface area contributed by atoms with Crippen molar-refractivity contribution in [3.63, 3.8) is 0 Å². The molecule has 0 aromatic heterocycles. The predicted octanol–water partition coefficient (Wildman–Crippen LogP) is 2.45. The number of carbonyl (C=O) groups is 2. The van der Waals surface area contributed by atoms with Crippen molar-refractivity contribution in [2.75, 3.05) is 13.2 Å². The molecule has 0 amide bonds. The van der Waals surface area contributed by atoms with Gasteiger partial charge < -0.3 is 9.47 Å². The van der Waals surface area contributed by atoms with Crippen molar-refractivity contribution in [2.45, 2.75) is 52.4 Å². The molecule has 0 atom stereocenters. The molecule has 0 bridgehead atoms. The third-order valence-electron chi connectivity index (χ3n) is 2.08. The van der Waals surface area contributed by atoms with Gasteiger partial charge in [-0.05, 0) is 12.8 Å². The number of rotatable bonds is 8. The first-order chi connectivity index (χ1) is 7.72. The molecule has 16 heavy (non-hydrogen) atoms. The van der Waals surface area contributed by atoms with E-state index in [9.17, 15) is 9.59 Å². The highest BCUT2D eigenvalue weighted by molar-refractivity contribution is 6.29. The standard InChI is InChI=1S/C12H22O4/c1-3-5-6-7-8-10-16-12(14)11(13)15-9-4-2/h3-10H2,1-2H3. The van der Waals surface area contributed by atoms with Crippen LogP contribution in [0.4, 0.5) is 0 Å². The van der Waals surface area contributed by atoms with Gasteiger partial charge in [0, 0.05) is 0 Å². The van der Waals surface area contributed by atoms with E-state index in [2.05, 4.69) is 11.7 Å². The maximum atomic E-state index is 11.0. The van der Waals surface area contributed by atoms with Crippen LogP contribution in [0.2, 0.25) is 0 Å². The van der Waals surface area contributed by atoms with Gasteiger partial charge in [0.15, 0.2) is 0 Å². The van der Waals surface area contributed by atoms with E-state index in [1.54, 1.807) is 0 Å². The minimum absolute atomic E-state index is 0.268. The smallest absolute Gasteiger partial charge is 0.417 e. The van der Waals surface area contributed by atoms with Gasteiger partial charge in [-0.1, -0.05) is 39.5 Å². The van der Waals surface area contributed by atoms with Crippen LogP contribution in [0.1, 0.15) is 52.4 Å². The van der Waals surface area contributed by atoms with Crippen LogP contribution in [0.3, 0.4) is 0 Å². The van der Waals surface area contributed by atoms with Gasteiger partial charge in [0.25, 0.3) is 0 Å². The summed E-state index contributed by atoms with van der Waals surface area (Å²) in [5.41, 5.74) is 0. The summed E-state index contributed by atoms with van der Waals surface area (Å²) in [6.07, 6.45) is 6.08. The number of ether oxygens (including phenoxy) is 2. The Morgan fingerprint density at radius 1 is 0.750 bits per heavy atom. The number of hydrogen-bond acceptors (Lipinski definition) is 4. The fraction of sp³-hybridized carbons (Fsp3) is 0.833. The Morgan fingerprint density at radius 3 is 1.88 bits per heavy atom. The summed E-state index contributed by atoms with van der Waals surface area (Å²) in [6.45, 7) is 4.59. The molecule has 0 rings (SSSR count). The van der Waals surface area contributed by atoms with E-state index in [4.69, 9.17) is 4.74 Å². The molecule has 0 aliphatic rings. The number of unbranched alkanes of at least 4 members (excludes halogenated alkanes) is 4. The fourth-order valence-electron chi connectivity index (χ4n) is 1.18. The number of hydrogen-bond donors (Lipinski definition) is 0. The second-order valence-electron chi connectivity index (χ2n) is 3.69. The van der Waals surface area contributed by atoms with Gasteiger partial charge in [-0.3, -0.25) is 0 Å². The van der Waals surface area contributed by atoms with E-state index in [-0.39, 0.29) is 6.61 Å². The van der Waals surface area contributed by atoms with E-state index < -0.39 is 11.9 Å². The topological polar surface area (TPSA) is 52.6 Å². The quantitative estimate of drug-likeness (QED) is 0.365. The molecule has 0 aliphatic heterocycles. The molecule has 0 N–H and O–H groups in total. The van der Waals surface area contributed by atoms with Crippen molar-refractivity contribution in [1.82, 2.24) is 0 Å². The van der Waals surface area contributed by atoms with Crippen LogP contribution in [-0.4, -0.2) is 25.2 Å².